The first kappa shape index (κ1) is 15.9. The van der Waals surface area contributed by atoms with Gasteiger partial charge in [0.15, 0.2) is 5.43 Å². The molecule has 2 bridgehead atoms. The van der Waals surface area contributed by atoms with E-state index in [0.29, 0.717) is 11.9 Å². The Morgan fingerprint density at radius 3 is 2.67 bits per heavy atom. The molecular weight excluding hydrogens is 302 g/mol. The van der Waals surface area contributed by atoms with E-state index in [1.165, 1.54) is 12.8 Å². The maximum Gasteiger partial charge on any atom is 0.227 e. The van der Waals surface area contributed by atoms with Crippen LogP contribution in [0.1, 0.15) is 42.5 Å². The van der Waals surface area contributed by atoms with Crippen LogP contribution < -0.4 is 5.43 Å². The average molecular weight is 329 g/mol. The van der Waals surface area contributed by atoms with Crippen molar-refractivity contribution >= 4 is 5.91 Å². The van der Waals surface area contributed by atoms with Crippen molar-refractivity contribution in [2.24, 2.45) is 11.8 Å². The maximum absolute atomic E-state index is 12.8. The zero-order chi connectivity index (χ0) is 16.8. The second-order valence-corrected chi connectivity index (χ2v) is 7.96. The summed E-state index contributed by atoms with van der Waals surface area (Å²) in [5.74, 6) is 1.26. The highest BCUT2D eigenvalue weighted by molar-refractivity contribution is 5.80. The van der Waals surface area contributed by atoms with E-state index >= 15 is 0 Å². The number of aromatic nitrogens is 1. The summed E-state index contributed by atoms with van der Waals surface area (Å²) in [6.07, 6.45) is 6.53. The molecule has 5 heteroatoms. The highest BCUT2D eigenvalue weighted by Crippen LogP contribution is 2.35. The third-order valence-corrected chi connectivity index (χ3v) is 6.02. The topological polar surface area (TPSA) is 56.4 Å². The van der Waals surface area contributed by atoms with Crippen molar-refractivity contribution in [3.05, 3.63) is 33.2 Å². The van der Waals surface area contributed by atoms with Crippen LogP contribution in [0, 0.1) is 25.7 Å². The predicted molar refractivity (Wildman–Crippen MR) is 92.8 cm³/mol. The quantitative estimate of drug-likeness (QED) is 0.917. The molecule has 2 atom stereocenters. The Balaban J connectivity index is 1.52. The Hall–Kier alpha value is -1.62. The van der Waals surface area contributed by atoms with Gasteiger partial charge in [0.05, 0.1) is 5.92 Å². The lowest BCUT2D eigenvalue weighted by molar-refractivity contribution is -0.140. The summed E-state index contributed by atoms with van der Waals surface area (Å²) in [5, 5.41) is 0. The molecule has 1 aromatic heterocycles. The van der Waals surface area contributed by atoms with E-state index in [4.69, 9.17) is 0 Å². The van der Waals surface area contributed by atoms with E-state index in [0.717, 1.165) is 61.8 Å². The van der Waals surface area contributed by atoms with Crippen molar-refractivity contribution in [1.82, 2.24) is 14.8 Å². The molecule has 1 saturated carbocycles. The normalized spacial score (nSPS) is 27.6. The number of hydrogen-bond donors (Lipinski definition) is 1. The first-order valence-corrected chi connectivity index (χ1v) is 9.23. The van der Waals surface area contributed by atoms with Crippen molar-refractivity contribution in [1.29, 1.82) is 0 Å². The number of hydrogen-bond acceptors (Lipinski definition) is 3. The minimum absolute atomic E-state index is 0.132. The zero-order valence-electron chi connectivity index (χ0n) is 14.7. The molecule has 3 aliphatic heterocycles. The van der Waals surface area contributed by atoms with Crippen molar-refractivity contribution in [3.8, 4) is 0 Å². The minimum Gasteiger partial charge on any atom is -0.363 e. The number of carbonyl (C=O) groups excluding carboxylic acids is 1. The number of nitrogens with zero attached hydrogens (tertiary/aromatic N) is 2. The summed E-state index contributed by atoms with van der Waals surface area (Å²) >= 11 is 0. The summed E-state index contributed by atoms with van der Waals surface area (Å²) in [5.41, 5.74) is 2.70. The summed E-state index contributed by atoms with van der Waals surface area (Å²) < 4.78 is 0. The molecule has 0 spiro atoms. The Morgan fingerprint density at radius 1 is 1.12 bits per heavy atom. The van der Waals surface area contributed by atoms with Crippen LogP contribution in [0.5, 0.6) is 0 Å². The molecule has 1 aliphatic carbocycles. The molecule has 0 radical (unpaired) electrons. The van der Waals surface area contributed by atoms with Crippen LogP contribution in [-0.4, -0.2) is 46.4 Å². The highest BCUT2D eigenvalue weighted by atomic mass is 16.2. The van der Waals surface area contributed by atoms with Gasteiger partial charge in [0.2, 0.25) is 5.91 Å². The van der Waals surface area contributed by atoms with Crippen LogP contribution in [0.15, 0.2) is 11.0 Å². The monoisotopic (exact) mass is 329 g/mol. The lowest BCUT2D eigenvalue weighted by Gasteiger charge is -2.36. The number of rotatable bonds is 4. The van der Waals surface area contributed by atoms with Crippen LogP contribution in [0.2, 0.25) is 0 Å². The molecule has 1 amide bonds. The van der Waals surface area contributed by atoms with E-state index in [1.807, 2.05) is 20.0 Å². The smallest absolute Gasteiger partial charge is 0.227 e. The molecule has 24 heavy (non-hydrogen) atoms. The number of amides is 1. The number of nitrogens with one attached hydrogen (secondary N) is 1. The van der Waals surface area contributed by atoms with E-state index in [-0.39, 0.29) is 11.3 Å². The number of aryl methyl sites for hydroxylation is 1. The van der Waals surface area contributed by atoms with E-state index < -0.39 is 0 Å². The van der Waals surface area contributed by atoms with Crippen molar-refractivity contribution in [3.63, 3.8) is 0 Å². The average Bonchev–Trinajstić information content (AvgIpc) is 3.39. The minimum atomic E-state index is 0.132. The Labute approximate surface area is 143 Å². The van der Waals surface area contributed by atoms with Gasteiger partial charge in [0.25, 0.3) is 0 Å². The maximum atomic E-state index is 12.8. The number of fused-ring (bicyclic) bond motifs is 4. The van der Waals surface area contributed by atoms with Crippen molar-refractivity contribution < 1.29 is 4.79 Å². The van der Waals surface area contributed by atoms with Gasteiger partial charge in [-0.15, -0.1) is 0 Å². The number of H-pyrrole nitrogens is 1. The molecule has 4 aliphatic rings. The van der Waals surface area contributed by atoms with Gasteiger partial charge in [-0.2, -0.15) is 0 Å². The van der Waals surface area contributed by atoms with Gasteiger partial charge in [-0.05, 0) is 45.4 Å². The summed E-state index contributed by atoms with van der Waals surface area (Å²) in [6.45, 7) is 7.21. The Bertz CT molecular complexity index is 707. The largest absolute Gasteiger partial charge is 0.363 e. The number of carbonyl (C=O) groups is 1. The molecule has 5 rings (SSSR count). The molecule has 4 heterocycles. The molecule has 0 unspecified atom stereocenters. The number of pyridine rings is 1. The summed E-state index contributed by atoms with van der Waals surface area (Å²) in [4.78, 5) is 32.8. The zero-order valence-corrected chi connectivity index (χ0v) is 14.7. The Morgan fingerprint density at radius 2 is 1.92 bits per heavy atom. The fraction of sp³-hybridized carbons (Fsp3) is 0.684. The second kappa shape index (κ2) is 6.03. The molecule has 5 nitrogen and oxygen atoms in total. The summed E-state index contributed by atoms with van der Waals surface area (Å²) in [7, 11) is 0. The molecule has 1 aromatic rings. The third-order valence-electron chi connectivity index (χ3n) is 6.02. The van der Waals surface area contributed by atoms with E-state index in [2.05, 4.69) is 14.8 Å². The van der Waals surface area contributed by atoms with Crippen LogP contribution >= 0.6 is 0 Å². The number of aromatic amines is 1. The van der Waals surface area contributed by atoms with Gasteiger partial charge >= 0.3 is 0 Å². The van der Waals surface area contributed by atoms with E-state index in [1.54, 1.807) is 0 Å². The molecule has 0 aromatic carbocycles. The third kappa shape index (κ3) is 2.90. The standard InChI is InChI=1S/C19H27N3O2/c1-12-7-20-17(13(2)18(12)23)11-21-9-15-5-6-16(10-21)22(19(15)24)8-14-3-4-14/h7,14-16H,3-6,8-11H2,1-2H3,(H,20,23)/t15-,16+/m0/s1. The van der Waals surface area contributed by atoms with Crippen LogP contribution in [-0.2, 0) is 11.3 Å². The van der Waals surface area contributed by atoms with Crippen LogP contribution in [0.4, 0.5) is 0 Å². The second-order valence-electron chi connectivity index (χ2n) is 7.96. The summed E-state index contributed by atoms with van der Waals surface area (Å²) in [6, 6.07) is 0.356. The van der Waals surface area contributed by atoms with Crippen molar-refractivity contribution in [2.45, 2.75) is 52.1 Å². The van der Waals surface area contributed by atoms with Gasteiger partial charge in [-0.25, -0.2) is 0 Å². The molecule has 130 valence electrons. The first-order chi connectivity index (χ1) is 11.5. The van der Waals surface area contributed by atoms with Gasteiger partial charge in [-0.1, -0.05) is 0 Å². The van der Waals surface area contributed by atoms with E-state index in [9.17, 15) is 9.59 Å². The predicted octanol–water partition coefficient (Wildman–Crippen LogP) is 1.82. The molecule has 3 saturated heterocycles. The van der Waals surface area contributed by atoms with Gasteiger partial charge < -0.3 is 9.88 Å². The highest BCUT2D eigenvalue weighted by Gasteiger charge is 2.42. The van der Waals surface area contributed by atoms with Crippen molar-refractivity contribution in [2.75, 3.05) is 19.6 Å². The Kier molecular flexibility index (Phi) is 3.99. The van der Waals surface area contributed by atoms with Crippen LogP contribution in [0.25, 0.3) is 0 Å². The fourth-order valence-corrected chi connectivity index (χ4v) is 4.27. The number of piperidine rings is 1. The molecule has 4 fully saturated rings. The fourth-order valence-electron chi connectivity index (χ4n) is 4.27. The lowest BCUT2D eigenvalue weighted by atomic mass is 9.94. The molecule has 1 N–H and O–H groups in total. The first-order valence-electron chi connectivity index (χ1n) is 9.23. The van der Waals surface area contributed by atoms with Gasteiger partial charge in [0, 0.05) is 55.2 Å². The SMILES string of the molecule is Cc1c[nH]c(CN2C[C@@H]3CC[C@H](C2)N(CC2CC2)C3=O)c(C)c1=O. The lowest BCUT2D eigenvalue weighted by Crippen LogP contribution is -2.48. The van der Waals surface area contributed by atoms with Gasteiger partial charge in [0.1, 0.15) is 0 Å². The van der Waals surface area contributed by atoms with Gasteiger partial charge in [-0.3, -0.25) is 14.5 Å². The molecular formula is C19H27N3O2. The van der Waals surface area contributed by atoms with Crippen LogP contribution in [0.3, 0.4) is 0 Å².